The van der Waals surface area contributed by atoms with Gasteiger partial charge in [0, 0.05) is 25.2 Å². The van der Waals surface area contributed by atoms with Crippen molar-refractivity contribution < 1.29 is 18.7 Å². The maximum Gasteiger partial charge on any atom is 0.281 e. The molecule has 0 fully saturated rings. The molecular formula is C22H22FN7O3. The maximum absolute atomic E-state index is 14.0. The van der Waals surface area contributed by atoms with Gasteiger partial charge < -0.3 is 10.5 Å². The number of nitrogen functional groups attached to an aromatic ring is 1. The Morgan fingerprint density at radius 3 is 2.58 bits per heavy atom. The van der Waals surface area contributed by atoms with Crippen LogP contribution in [0, 0.1) is 17.1 Å². The molecule has 33 heavy (non-hydrogen) atoms. The van der Waals surface area contributed by atoms with Crippen molar-refractivity contribution in [2.45, 2.75) is 26.9 Å². The van der Waals surface area contributed by atoms with Crippen molar-refractivity contribution in [2.24, 2.45) is 7.05 Å². The van der Waals surface area contributed by atoms with Crippen molar-refractivity contribution in [3.05, 3.63) is 52.7 Å². The quantitative estimate of drug-likeness (QED) is 0.515. The van der Waals surface area contributed by atoms with Gasteiger partial charge in [0.25, 0.3) is 17.7 Å². The number of aromatic nitrogens is 4. The highest BCUT2D eigenvalue weighted by molar-refractivity contribution is 6.12. The van der Waals surface area contributed by atoms with Crippen molar-refractivity contribution in [1.29, 1.82) is 5.26 Å². The molecule has 2 N–H and O–H groups in total. The summed E-state index contributed by atoms with van der Waals surface area (Å²) in [5.74, 6) is -2.17. The molecule has 0 aliphatic carbocycles. The van der Waals surface area contributed by atoms with Gasteiger partial charge in [-0.05, 0) is 25.1 Å². The number of halogens is 1. The van der Waals surface area contributed by atoms with Crippen LogP contribution in [0.4, 0.5) is 10.2 Å². The van der Waals surface area contributed by atoms with Crippen molar-refractivity contribution >= 4 is 17.6 Å². The molecule has 2 aromatic heterocycles. The van der Waals surface area contributed by atoms with Crippen LogP contribution in [-0.2, 0) is 7.05 Å². The molecular weight excluding hydrogens is 429 g/mol. The minimum Gasteiger partial charge on any atom is -0.467 e. The average Bonchev–Trinajstić information content (AvgIpc) is 3.15. The molecule has 2 bridgehead atoms. The third kappa shape index (κ3) is 3.98. The fraction of sp³-hybridized carbons (Fsp3) is 0.273. The monoisotopic (exact) mass is 451 g/mol. The highest BCUT2D eigenvalue weighted by Gasteiger charge is 2.32. The molecule has 10 nitrogen and oxygen atoms in total. The molecule has 4 rings (SSSR count). The van der Waals surface area contributed by atoms with Gasteiger partial charge in [0.2, 0.25) is 0 Å². The Balaban J connectivity index is 0.00000149. The average molecular weight is 451 g/mol. The maximum atomic E-state index is 14.0. The number of amides is 2. The number of imide groups is 1. The molecule has 11 heteroatoms. The van der Waals surface area contributed by atoms with Gasteiger partial charge in [-0.25, -0.2) is 14.4 Å². The van der Waals surface area contributed by atoms with E-state index in [0.717, 1.165) is 17.0 Å². The second-order valence-corrected chi connectivity index (χ2v) is 6.91. The predicted octanol–water partition coefficient (Wildman–Crippen LogP) is 2.86. The molecule has 0 saturated heterocycles. The lowest BCUT2D eigenvalue weighted by molar-refractivity contribution is 0.0649. The molecule has 0 spiro atoms. The van der Waals surface area contributed by atoms with Crippen LogP contribution in [0.5, 0.6) is 5.88 Å². The van der Waals surface area contributed by atoms with E-state index < -0.39 is 23.7 Å². The van der Waals surface area contributed by atoms with E-state index in [1.807, 2.05) is 19.9 Å². The molecule has 170 valence electrons. The van der Waals surface area contributed by atoms with Crippen LogP contribution in [0.3, 0.4) is 0 Å². The first kappa shape index (κ1) is 23.3. The second-order valence-electron chi connectivity index (χ2n) is 6.91. The number of anilines is 1. The number of nitrogens with zero attached hydrogens (tertiary/aromatic N) is 6. The van der Waals surface area contributed by atoms with Gasteiger partial charge in [-0.2, -0.15) is 10.4 Å². The number of benzene rings is 1. The zero-order valence-corrected chi connectivity index (χ0v) is 18.8. The Morgan fingerprint density at radius 2 is 1.91 bits per heavy atom. The Kier molecular flexibility index (Phi) is 6.39. The zero-order chi connectivity index (χ0) is 24.4. The molecule has 1 aliphatic heterocycles. The Hall–Kier alpha value is -4.33. The van der Waals surface area contributed by atoms with Crippen LogP contribution in [0.25, 0.3) is 11.3 Å². The van der Waals surface area contributed by atoms with Gasteiger partial charge in [0.15, 0.2) is 11.5 Å². The lowest BCUT2D eigenvalue weighted by atomic mass is 10.0. The largest absolute Gasteiger partial charge is 0.467 e. The first-order chi connectivity index (χ1) is 15.7. The van der Waals surface area contributed by atoms with Gasteiger partial charge in [-0.15, -0.1) is 0 Å². The lowest BCUT2D eigenvalue weighted by Gasteiger charge is -2.22. The van der Waals surface area contributed by atoms with Crippen molar-refractivity contribution in [3.63, 3.8) is 0 Å². The van der Waals surface area contributed by atoms with Gasteiger partial charge in [0.05, 0.1) is 17.5 Å². The van der Waals surface area contributed by atoms with E-state index in [9.17, 15) is 19.2 Å². The normalized spacial score (nSPS) is 15.1. The number of rotatable bonds is 0. The minimum atomic E-state index is -0.853. The number of hydrogen-bond donors (Lipinski definition) is 1. The highest BCUT2D eigenvalue weighted by Crippen LogP contribution is 2.33. The topological polar surface area (TPSA) is 140 Å². The second kappa shape index (κ2) is 9.04. The summed E-state index contributed by atoms with van der Waals surface area (Å²) in [6, 6.07) is 5.51. The van der Waals surface area contributed by atoms with Gasteiger partial charge in [-0.1, -0.05) is 13.8 Å². The van der Waals surface area contributed by atoms with Gasteiger partial charge in [-0.3, -0.25) is 19.2 Å². The van der Waals surface area contributed by atoms with Crippen LogP contribution in [0.1, 0.15) is 59.0 Å². The summed E-state index contributed by atoms with van der Waals surface area (Å²) in [5, 5.41) is 13.7. The number of fused-ring (bicyclic) bond motifs is 5. The molecule has 1 atom stereocenters. The number of nitriles is 1. The summed E-state index contributed by atoms with van der Waals surface area (Å²) in [5.41, 5.74) is 6.25. The SMILES string of the molecule is CC.CC1Oc2nc(cnc2N)-c2c(nn(C)c2C#N)C(=O)N(C)C(=O)c2ccc(F)cc21. The van der Waals surface area contributed by atoms with Crippen molar-refractivity contribution in [3.8, 4) is 23.2 Å². The Labute approximate surface area is 189 Å². The van der Waals surface area contributed by atoms with E-state index in [1.165, 1.54) is 31.0 Å². The zero-order valence-electron chi connectivity index (χ0n) is 18.8. The summed E-state index contributed by atoms with van der Waals surface area (Å²) < 4.78 is 21.0. The van der Waals surface area contributed by atoms with E-state index in [2.05, 4.69) is 15.1 Å². The van der Waals surface area contributed by atoms with Crippen LogP contribution < -0.4 is 10.5 Å². The van der Waals surface area contributed by atoms with E-state index in [1.54, 1.807) is 6.92 Å². The molecule has 0 radical (unpaired) electrons. The first-order valence-corrected chi connectivity index (χ1v) is 10.1. The van der Waals surface area contributed by atoms with Crippen LogP contribution in [0.15, 0.2) is 24.4 Å². The summed E-state index contributed by atoms with van der Waals surface area (Å²) in [4.78, 5) is 35.6. The smallest absolute Gasteiger partial charge is 0.281 e. The number of aryl methyl sites for hydroxylation is 1. The third-order valence-corrected chi connectivity index (χ3v) is 4.96. The summed E-state index contributed by atoms with van der Waals surface area (Å²) in [6.45, 7) is 5.59. The summed E-state index contributed by atoms with van der Waals surface area (Å²) >= 11 is 0. The van der Waals surface area contributed by atoms with E-state index >= 15 is 0 Å². The molecule has 1 aromatic carbocycles. The van der Waals surface area contributed by atoms with Crippen LogP contribution >= 0.6 is 0 Å². The molecule has 1 unspecified atom stereocenters. The lowest BCUT2D eigenvalue weighted by Crippen LogP contribution is -2.35. The van der Waals surface area contributed by atoms with Crippen LogP contribution in [0.2, 0.25) is 0 Å². The fourth-order valence-electron chi connectivity index (χ4n) is 3.36. The highest BCUT2D eigenvalue weighted by atomic mass is 19.1. The first-order valence-electron chi connectivity index (χ1n) is 10.1. The molecule has 1 aliphatic rings. The standard InChI is InChI=1S/C20H16FN7O3.C2H6/c1-9-12-6-10(21)4-5-11(12)19(29)27(2)20(30)16-15(14(7-22)28(3)26-16)13-8-24-17(23)18(25-13)31-9;1-2/h4-6,8-9H,1-3H3,(H2,23,24);1-2H3. The van der Waals surface area contributed by atoms with E-state index in [0.29, 0.717) is 0 Å². The number of hydrogen-bond acceptors (Lipinski definition) is 8. The summed E-state index contributed by atoms with van der Waals surface area (Å²) in [7, 11) is 2.76. The Bertz CT molecular complexity index is 1300. The molecule has 3 heterocycles. The number of ether oxygens (including phenoxy) is 1. The fourth-order valence-corrected chi connectivity index (χ4v) is 3.36. The Morgan fingerprint density at radius 1 is 1.21 bits per heavy atom. The number of carbonyl (C=O) groups is 2. The van der Waals surface area contributed by atoms with Gasteiger partial charge >= 0.3 is 0 Å². The summed E-state index contributed by atoms with van der Waals surface area (Å²) in [6.07, 6.45) is 0.427. The predicted molar refractivity (Wildman–Crippen MR) is 117 cm³/mol. The molecule has 2 amide bonds. The minimum absolute atomic E-state index is 0.0433. The van der Waals surface area contributed by atoms with Crippen LogP contribution in [-0.4, -0.2) is 43.5 Å². The van der Waals surface area contributed by atoms with Crippen molar-refractivity contribution in [1.82, 2.24) is 24.6 Å². The number of carbonyl (C=O) groups excluding carboxylic acids is 2. The van der Waals surface area contributed by atoms with Crippen molar-refractivity contribution in [2.75, 3.05) is 12.8 Å². The number of nitrogens with two attached hydrogens (primary N) is 1. The van der Waals surface area contributed by atoms with Gasteiger partial charge in [0.1, 0.15) is 23.7 Å². The molecule has 3 aromatic rings. The van der Waals surface area contributed by atoms with E-state index in [4.69, 9.17) is 10.5 Å². The van der Waals surface area contributed by atoms with E-state index in [-0.39, 0.29) is 45.5 Å². The molecule has 0 saturated carbocycles. The third-order valence-electron chi connectivity index (χ3n) is 4.96.